The first-order chi connectivity index (χ1) is 18.6. The standard InChI is InChI=1S/C29H36N6O4/c1-7-35-22-11-8-12-30-20(22)16-23(35)26-32-21-14-18(15-24(38-6)25(21)33(26)5)27(36)34-13-9-10-19(17-34)31-28(37)39-29(2,3)4/h8,11-12,14-16,19H,7,9-10,13,17H2,1-6H3,(H,31,37)/t19-/m1/s1. The lowest BCUT2D eigenvalue weighted by Crippen LogP contribution is -2.50. The van der Waals surface area contributed by atoms with Crippen LogP contribution in [-0.4, -0.2) is 67.8 Å². The van der Waals surface area contributed by atoms with Crippen LogP contribution in [0.25, 0.3) is 33.6 Å². The van der Waals surface area contributed by atoms with Gasteiger partial charge in [0.05, 0.1) is 29.4 Å². The van der Waals surface area contributed by atoms with Crippen molar-refractivity contribution in [1.82, 2.24) is 29.3 Å². The molecule has 1 N–H and O–H groups in total. The lowest BCUT2D eigenvalue weighted by molar-refractivity contribution is 0.0452. The fraction of sp³-hybridized carbons (Fsp3) is 0.448. The maximum atomic E-state index is 13.6. The highest BCUT2D eigenvalue weighted by Crippen LogP contribution is 2.34. The van der Waals surface area contributed by atoms with E-state index in [0.717, 1.165) is 47.5 Å². The van der Waals surface area contributed by atoms with Crippen LogP contribution in [0.2, 0.25) is 0 Å². The van der Waals surface area contributed by atoms with Gasteiger partial charge in [0.15, 0.2) is 5.82 Å². The monoisotopic (exact) mass is 532 g/mol. The summed E-state index contributed by atoms with van der Waals surface area (Å²) in [6.07, 6.45) is 2.89. The molecule has 3 aromatic heterocycles. The van der Waals surface area contributed by atoms with Crippen molar-refractivity contribution < 1.29 is 19.1 Å². The number of hydrogen-bond acceptors (Lipinski definition) is 6. The number of alkyl carbamates (subject to hydrolysis) is 1. The van der Waals surface area contributed by atoms with Gasteiger partial charge in [0, 0.05) is 44.5 Å². The topological polar surface area (TPSA) is 104 Å². The third kappa shape index (κ3) is 5.15. The van der Waals surface area contributed by atoms with Gasteiger partial charge in [-0.25, -0.2) is 9.78 Å². The molecule has 0 saturated carbocycles. The Morgan fingerprint density at radius 2 is 1.97 bits per heavy atom. The fourth-order valence-corrected chi connectivity index (χ4v) is 5.37. The highest BCUT2D eigenvalue weighted by atomic mass is 16.6. The van der Waals surface area contributed by atoms with E-state index < -0.39 is 11.7 Å². The second-order valence-corrected chi connectivity index (χ2v) is 11.0. The molecule has 0 radical (unpaired) electrons. The SMILES string of the molecule is CCn1c(-c2nc3cc(C(=O)N4CCC[C@@H](NC(=O)OC(C)(C)C)C4)cc(OC)c3n2C)cc2ncccc21. The van der Waals surface area contributed by atoms with Crippen LogP contribution in [0.1, 0.15) is 50.9 Å². The highest BCUT2D eigenvalue weighted by Gasteiger charge is 2.28. The minimum absolute atomic E-state index is 0.120. The van der Waals surface area contributed by atoms with Crippen LogP contribution in [0.15, 0.2) is 36.5 Å². The minimum Gasteiger partial charge on any atom is -0.494 e. The molecule has 1 atom stereocenters. The number of methoxy groups -OCH3 is 1. The van der Waals surface area contributed by atoms with Gasteiger partial charge in [-0.3, -0.25) is 9.78 Å². The number of hydrogen-bond donors (Lipinski definition) is 1. The predicted molar refractivity (Wildman–Crippen MR) is 150 cm³/mol. The van der Waals surface area contributed by atoms with E-state index in [9.17, 15) is 9.59 Å². The molecule has 1 aromatic carbocycles. The zero-order chi connectivity index (χ0) is 27.9. The average molecular weight is 533 g/mol. The number of aromatic nitrogens is 4. The number of aryl methyl sites for hydroxylation is 2. The number of imidazole rings is 1. The summed E-state index contributed by atoms with van der Waals surface area (Å²) in [5.74, 6) is 1.23. The van der Waals surface area contributed by atoms with Crippen molar-refractivity contribution in [3.63, 3.8) is 0 Å². The maximum absolute atomic E-state index is 13.6. The van der Waals surface area contributed by atoms with Crippen LogP contribution >= 0.6 is 0 Å². The number of piperidine rings is 1. The summed E-state index contributed by atoms with van der Waals surface area (Å²) in [5, 5.41) is 2.91. The highest BCUT2D eigenvalue weighted by molar-refractivity contribution is 6.00. The number of likely N-dealkylation sites (tertiary alicyclic amines) is 1. The molecule has 0 bridgehead atoms. The van der Waals surface area contributed by atoms with Gasteiger partial charge < -0.3 is 28.8 Å². The Kier molecular flexibility index (Phi) is 6.96. The fourth-order valence-electron chi connectivity index (χ4n) is 5.37. The first-order valence-electron chi connectivity index (χ1n) is 13.4. The molecule has 1 aliphatic heterocycles. The van der Waals surface area contributed by atoms with Crippen molar-refractivity contribution in [2.24, 2.45) is 7.05 Å². The van der Waals surface area contributed by atoms with E-state index in [1.807, 2.05) is 50.6 Å². The number of rotatable bonds is 5. The van der Waals surface area contributed by atoms with Crippen LogP contribution in [0.3, 0.4) is 0 Å². The first kappa shape index (κ1) is 26.5. The molecule has 0 aliphatic carbocycles. The smallest absolute Gasteiger partial charge is 0.407 e. The molecule has 1 aliphatic rings. The Morgan fingerprint density at radius 3 is 2.69 bits per heavy atom. The Labute approximate surface area is 227 Å². The van der Waals surface area contributed by atoms with E-state index in [2.05, 4.69) is 27.9 Å². The van der Waals surface area contributed by atoms with Gasteiger partial charge in [0.2, 0.25) is 0 Å². The molecule has 2 amide bonds. The van der Waals surface area contributed by atoms with Crippen molar-refractivity contribution in [1.29, 1.82) is 0 Å². The maximum Gasteiger partial charge on any atom is 0.407 e. The molecule has 39 heavy (non-hydrogen) atoms. The summed E-state index contributed by atoms with van der Waals surface area (Å²) in [6, 6.07) is 9.46. The van der Waals surface area contributed by atoms with Crippen molar-refractivity contribution in [2.75, 3.05) is 20.2 Å². The Morgan fingerprint density at radius 1 is 1.18 bits per heavy atom. The zero-order valence-corrected chi connectivity index (χ0v) is 23.4. The third-order valence-corrected chi connectivity index (χ3v) is 7.05. The molecular weight excluding hydrogens is 496 g/mol. The van der Waals surface area contributed by atoms with E-state index in [0.29, 0.717) is 29.9 Å². The van der Waals surface area contributed by atoms with E-state index >= 15 is 0 Å². The molecule has 10 nitrogen and oxygen atoms in total. The molecule has 4 aromatic rings. The second-order valence-electron chi connectivity index (χ2n) is 11.0. The number of carbonyl (C=O) groups is 2. The molecule has 10 heteroatoms. The Balaban J connectivity index is 1.46. The minimum atomic E-state index is -0.580. The van der Waals surface area contributed by atoms with E-state index in [1.165, 1.54) is 0 Å². The van der Waals surface area contributed by atoms with E-state index in [-0.39, 0.29) is 11.9 Å². The van der Waals surface area contributed by atoms with Gasteiger partial charge in [0.1, 0.15) is 16.9 Å². The molecule has 1 saturated heterocycles. The molecule has 0 unspecified atom stereocenters. The number of ether oxygens (including phenoxy) is 2. The lowest BCUT2D eigenvalue weighted by atomic mass is 10.0. The number of fused-ring (bicyclic) bond motifs is 2. The van der Waals surface area contributed by atoms with Crippen LogP contribution in [0.4, 0.5) is 4.79 Å². The largest absolute Gasteiger partial charge is 0.494 e. The summed E-state index contributed by atoms with van der Waals surface area (Å²) >= 11 is 0. The number of amides is 2. The Hall–Kier alpha value is -4.08. The van der Waals surface area contributed by atoms with Crippen molar-refractivity contribution >= 4 is 34.1 Å². The third-order valence-electron chi connectivity index (χ3n) is 7.05. The molecular formula is C29H36N6O4. The normalized spacial score (nSPS) is 16.1. The summed E-state index contributed by atoms with van der Waals surface area (Å²) in [5.41, 5.74) is 4.31. The molecule has 1 fully saturated rings. The lowest BCUT2D eigenvalue weighted by Gasteiger charge is -2.33. The van der Waals surface area contributed by atoms with Crippen LogP contribution in [0, 0.1) is 0 Å². The summed E-state index contributed by atoms with van der Waals surface area (Å²) in [7, 11) is 3.56. The number of pyridine rings is 1. The van der Waals surface area contributed by atoms with E-state index in [1.54, 1.807) is 24.3 Å². The second kappa shape index (κ2) is 10.2. The van der Waals surface area contributed by atoms with Crippen molar-refractivity contribution in [3.05, 3.63) is 42.1 Å². The van der Waals surface area contributed by atoms with Gasteiger partial charge in [-0.2, -0.15) is 0 Å². The van der Waals surface area contributed by atoms with Crippen LogP contribution in [-0.2, 0) is 18.3 Å². The van der Waals surface area contributed by atoms with Gasteiger partial charge in [-0.1, -0.05) is 0 Å². The van der Waals surface area contributed by atoms with Gasteiger partial charge in [-0.05, 0) is 70.9 Å². The predicted octanol–water partition coefficient (Wildman–Crippen LogP) is 4.75. The number of nitrogens with one attached hydrogen (secondary N) is 1. The molecule has 4 heterocycles. The van der Waals surface area contributed by atoms with Gasteiger partial charge in [-0.15, -0.1) is 0 Å². The van der Waals surface area contributed by atoms with Crippen LogP contribution < -0.4 is 10.1 Å². The first-order valence-corrected chi connectivity index (χ1v) is 13.4. The molecule has 0 spiro atoms. The molecule has 5 rings (SSSR count). The van der Waals surface area contributed by atoms with E-state index in [4.69, 9.17) is 14.5 Å². The van der Waals surface area contributed by atoms with Gasteiger partial charge >= 0.3 is 6.09 Å². The van der Waals surface area contributed by atoms with Crippen molar-refractivity contribution in [2.45, 2.75) is 58.7 Å². The van der Waals surface area contributed by atoms with Gasteiger partial charge in [0.25, 0.3) is 5.91 Å². The number of carbonyl (C=O) groups excluding carboxylic acids is 2. The summed E-state index contributed by atoms with van der Waals surface area (Å²) in [4.78, 5) is 37.2. The Bertz CT molecular complexity index is 1550. The number of nitrogens with zero attached hydrogens (tertiary/aromatic N) is 5. The zero-order valence-electron chi connectivity index (χ0n) is 23.4. The molecule has 206 valence electrons. The summed E-state index contributed by atoms with van der Waals surface area (Å²) in [6.45, 7) is 9.37. The van der Waals surface area contributed by atoms with Crippen molar-refractivity contribution in [3.8, 4) is 17.3 Å². The van der Waals surface area contributed by atoms with Crippen LogP contribution in [0.5, 0.6) is 5.75 Å². The average Bonchev–Trinajstić information content (AvgIpc) is 3.43. The summed E-state index contributed by atoms with van der Waals surface area (Å²) < 4.78 is 15.3. The quantitative estimate of drug-likeness (QED) is 0.398. The number of benzene rings is 1.